The Hall–Kier alpha value is -1.20. The van der Waals surface area contributed by atoms with Gasteiger partial charge in [0.1, 0.15) is 0 Å². The SMILES string of the molecule is COC(OC)c1cccc(-c2ccc(CCCN)s2)c1. The van der Waals surface area contributed by atoms with Crippen molar-refractivity contribution in [2.75, 3.05) is 20.8 Å². The van der Waals surface area contributed by atoms with E-state index in [0.29, 0.717) is 0 Å². The molecule has 0 radical (unpaired) electrons. The van der Waals surface area contributed by atoms with Crippen LogP contribution < -0.4 is 5.73 Å². The van der Waals surface area contributed by atoms with Crippen LogP contribution in [0.15, 0.2) is 36.4 Å². The second-order valence-electron chi connectivity index (χ2n) is 4.59. The zero-order valence-corrected chi connectivity index (χ0v) is 12.8. The number of hydrogen-bond donors (Lipinski definition) is 1. The molecule has 0 unspecified atom stereocenters. The Bertz CT molecular complexity index is 535. The van der Waals surface area contributed by atoms with Gasteiger partial charge in [0.2, 0.25) is 0 Å². The Morgan fingerprint density at radius 1 is 1.15 bits per heavy atom. The number of benzene rings is 1. The molecule has 0 spiro atoms. The Morgan fingerprint density at radius 2 is 1.95 bits per heavy atom. The molecule has 1 aromatic heterocycles. The standard InChI is InChI=1S/C16H21NO2S/c1-18-16(19-2)13-6-3-5-12(11-13)15-9-8-14(20-15)7-4-10-17/h3,5-6,8-9,11,16H,4,7,10,17H2,1-2H3. The molecule has 0 amide bonds. The molecule has 4 heteroatoms. The number of ether oxygens (including phenoxy) is 2. The fraction of sp³-hybridized carbons (Fsp3) is 0.375. The molecule has 2 N–H and O–H groups in total. The molecule has 3 nitrogen and oxygen atoms in total. The van der Waals surface area contributed by atoms with Gasteiger partial charge in [0, 0.05) is 29.5 Å². The van der Waals surface area contributed by atoms with Gasteiger partial charge in [-0.25, -0.2) is 0 Å². The van der Waals surface area contributed by atoms with Crippen LogP contribution in [0.1, 0.15) is 23.2 Å². The molecule has 1 aromatic carbocycles. The van der Waals surface area contributed by atoms with E-state index < -0.39 is 0 Å². The van der Waals surface area contributed by atoms with E-state index in [2.05, 4.69) is 24.3 Å². The molecule has 2 aromatic rings. The third-order valence-electron chi connectivity index (χ3n) is 3.16. The van der Waals surface area contributed by atoms with Gasteiger partial charge in [-0.2, -0.15) is 0 Å². The first kappa shape index (κ1) is 15.2. The van der Waals surface area contributed by atoms with Crippen LogP contribution in [-0.2, 0) is 15.9 Å². The minimum atomic E-state index is -0.313. The van der Waals surface area contributed by atoms with Crippen molar-refractivity contribution in [2.24, 2.45) is 5.73 Å². The highest BCUT2D eigenvalue weighted by molar-refractivity contribution is 7.15. The third kappa shape index (κ3) is 3.67. The average molecular weight is 291 g/mol. The summed E-state index contributed by atoms with van der Waals surface area (Å²) in [6, 6.07) is 12.6. The van der Waals surface area contributed by atoms with Crippen molar-refractivity contribution in [3.8, 4) is 10.4 Å². The van der Waals surface area contributed by atoms with Crippen molar-refractivity contribution < 1.29 is 9.47 Å². The number of hydrogen-bond acceptors (Lipinski definition) is 4. The van der Waals surface area contributed by atoms with Crippen LogP contribution >= 0.6 is 11.3 Å². The van der Waals surface area contributed by atoms with Gasteiger partial charge < -0.3 is 15.2 Å². The minimum absolute atomic E-state index is 0.313. The van der Waals surface area contributed by atoms with Crippen LogP contribution in [-0.4, -0.2) is 20.8 Å². The summed E-state index contributed by atoms with van der Waals surface area (Å²) in [6.45, 7) is 0.742. The number of rotatable bonds is 7. The molecule has 0 aliphatic heterocycles. The third-order valence-corrected chi connectivity index (χ3v) is 4.35. The van der Waals surface area contributed by atoms with Gasteiger partial charge in [0.25, 0.3) is 0 Å². The summed E-state index contributed by atoms with van der Waals surface area (Å²) in [5.41, 5.74) is 7.79. The van der Waals surface area contributed by atoms with E-state index in [-0.39, 0.29) is 6.29 Å². The summed E-state index contributed by atoms with van der Waals surface area (Å²) in [4.78, 5) is 2.65. The maximum absolute atomic E-state index is 5.55. The molecule has 20 heavy (non-hydrogen) atoms. The van der Waals surface area contributed by atoms with Crippen LogP contribution in [0.5, 0.6) is 0 Å². The molecule has 0 saturated carbocycles. The molecule has 0 bridgehead atoms. The Morgan fingerprint density at radius 3 is 2.65 bits per heavy atom. The molecule has 108 valence electrons. The highest BCUT2D eigenvalue weighted by Crippen LogP contribution is 2.31. The van der Waals surface area contributed by atoms with Crippen molar-refractivity contribution in [3.05, 3.63) is 46.8 Å². The van der Waals surface area contributed by atoms with E-state index in [1.165, 1.54) is 15.3 Å². The van der Waals surface area contributed by atoms with Crippen LogP contribution in [0.25, 0.3) is 10.4 Å². The molecular formula is C16H21NO2S. The van der Waals surface area contributed by atoms with E-state index in [1.807, 2.05) is 23.5 Å². The van der Waals surface area contributed by atoms with Crippen LogP contribution in [0.4, 0.5) is 0 Å². The highest BCUT2D eigenvalue weighted by atomic mass is 32.1. The van der Waals surface area contributed by atoms with Crippen LogP contribution in [0.3, 0.4) is 0 Å². The van der Waals surface area contributed by atoms with Gasteiger partial charge in [-0.05, 0) is 43.1 Å². The maximum Gasteiger partial charge on any atom is 0.183 e. The monoisotopic (exact) mass is 291 g/mol. The van der Waals surface area contributed by atoms with Crippen molar-refractivity contribution >= 4 is 11.3 Å². The van der Waals surface area contributed by atoms with E-state index >= 15 is 0 Å². The first-order valence-electron chi connectivity index (χ1n) is 6.73. The number of methoxy groups -OCH3 is 2. The molecule has 1 heterocycles. The molecular weight excluding hydrogens is 270 g/mol. The van der Waals surface area contributed by atoms with E-state index in [0.717, 1.165) is 24.9 Å². The van der Waals surface area contributed by atoms with Gasteiger partial charge >= 0.3 is 0 Å². The second kappa shape index (κ2) is 7.55. The van der Waals surface area contributed by atoms with Gasteiger partial charge in [-0.3, -0.25) is 0 Å². The first-order chi connectivity index (χ1) is 9.78. The molecule has 2 rings (SSSR count). The summed E-state index contributed by atoms with van der Waals surface area (Å²) < 4.78 is 10.6. The Balaban J connectivity index is 2.20. The number of nitrogens with two attached hydrogens (primary N) is 1. The van der Waals surface area contributed by atoms with E-state index in [9.17, 15) is 0 Å². The van der Waals surface area contributed by atoms with E-state index in [4.69, 9.17) is 15.2 Å². The highest BCUT2D eigenvalue weighted by Gasteiger charge is 2.10. The summed E-state index contributed by atoms with van der Waals surface area (Å²) in [5.74, 6) is 0. The molecule has 0 fully saturated rings. The summed E-state index contributed by atoms with van der Waals surface area (Å²) in [7, 11) is 3.30. The van der Waals surface area contributed by atoms with Crippen LogP contribution in [0.2, 0.25) is 0 Å². The fourth-order valence-corrected chi connectivity index (χ4v) is 3.20. The number of thiophene rings is 1. The predicted molar refractivity (Wildman–Crippen MR) is 83.9 cm³/mol. The number of aryl methyl sites for hydroxylation is 1. The van der Waals surface area contributed by atoms with Crippen molar-refractivity contribution in [2.45, 2.75) is 19.1 Å². The van der Waals surface area contributed by atoms with Gasteiger partial charge in [0.05, 0.1) is 0 Å². The zero-order valence-electron chi connectivity index (χ0n) is 12.0. The lowest BCUT2D eigenvalue weighted by atomic mass is 10.1. The Labute approximate surface area is 124 Å². The largest absolute Gasteiger partial charge is 0.352 e. The molecule has 0 saturated heterocycles. The molecule has 0 aliphatic rings. The average Bonchev–Trinajstić information content (AvgIpc) is 2.96. The predicted octanol–water partition coefficient (Wildman–Crippen LogP) is 3.60. The lowest BCUT2D eigenvalue weighted by Gasteiger charge is -2.14. The second-order valence-corrected chi connectivity index (χ2v) is 5.76. The van der Waals surface area contributed by atoms with Gasteiger partial charge in [0.15, 0.2) is 6.29 Å². The van der Waals surface area contributed by atoms with Crippen molar-refractivity contribution in [1.29, 1.82) is 0 Å². The normalized spacial score (nSPS) is 11.2. The summed E-state index contributed by atoms with van der Waals surface area (Å²) >= 11 is 1.82. The quantitative estimate of drug-likeness (QED) is 0.793. The van der Waals surface area contributed by atoms with Crippen molar-refractivity contribution in [3.63, 3.8) is 0 Å². The van der Waals surface area contributed by atoms with Crippen LogP contribution in [0, 0.1) is 0 Å². The zero-order chi connectivity index (χ0) is 14.4. The maximum atomic E-state index is 5.55. The lowest BCUT2D eigenvalue weighted by Crippen LogP contribution is -2.03. The Kier molecular flexibility index (Phi) is 5.73. The summed E-state index contributed by atoms with van der Waals surface area (Å²) in [5, 5.41) is 0. The van der Waals surface area contributed by atoms with E-state index in [1.54, 1.807) is 14.2 Å². The fourth-order valence-electron chi connectivity index (χ4n) is 2.15. The molecule has 0 aliphatic carbocycles. The van der Waals surface area contributed by atoms with Gasteiger partial charge in [-0.15, -0.1) is 11.3 Å². The topological polar surface area (TPSA) is 44.5 Å². The minimum Gasteiger partial charge on any atom is -0.352 e. The van der Waals surface area contributed by atoms with Crippen molar-refractivity contribution in [1.82, 2.24) is 0 Å². The molecule has 0 atom stereocenters. The van der Waals surface area contributed by atoms with Gasteiger partial charge in [-0.1, -0.05) is 18.2 Å². The first-order valence-corrected chi connectivity index (χ1v) is 7.55. The smallest absolute Gasteiger partial charge is 0.183 e. The lowest BCUT2D eigenvalue weighted by molar-refractivity contribution is -0.105. The summed E-state index contributed by atoms with van der Waals surface area (Å²) in [6.07, 6.45) is 1.78.